The Hall–Kier alpha value is -2.90. The third kappa shape index (κ3) is 10.8. The van der Waals surface area contributed by atoms with Crippen LogP contribution < -0.4 is 10.6 Å². The standard InChI is InChI=1S/C21H32N2O6.C2HF3O2/c1-21(2,3)29-20(25)23-13-15-16(26-4)17(27-5)18(28-15)19(24)22-12-11-14-9-7-6-8-10-14;3-2(4,5)1(6)7/h6-10,15-18H,11-13H2,1-5H3,(H,22,24)(H,23,25);(H,6,7)/t15-,16-,17+,18+;/m1./s1. The first-order valence-corrected chi connectivity index (χ1v) is 11.0. The van der Waals surface area contributed by atoms with Crippen LogP contribution in [0.1, 0.15) is 26.3 Å². The van der Waals surface area contributed by atoms with Crippen LogP contribution in [-0.4, -0.2) is 86.6 Å². The fourth-order valence-electron chi connectivity index (χ4n) is 3.22. The molecule has 0 aliphatic carbocycles. The van der Waals surface area contributed by atoms with E-state index >= 15 is 0 Å². The van der Waals surface area contributed by atoms with Crippen LogP contribution in [0.2, 0.25) is 0 Å². The van der Waals surface area contributed by atoms with Crippen LogP contribution in [-0.2, 0) is 35.0 Å². The number of benzene rings is 1. The SMILES string of the molecule is CO[C@H]1[C@H](OC)[C@@H](CNC(=O)OC(C)(C)C)O[C@@H]1C(=O)NCCc1ccccc1.O=C(O)C(F)(F)F. The minimum atomic E-state index is -5.08. The lowest BCUT2D eigenvalue weighted by Gasteiger charge is -2.23. The van der Waals surface area contributed by atoms with Gasteiger partial charge in [-0.25, -0.2) is 9.59 Å². The van der Waals surface area contributed by atoms with Crippen LogP contribution in [0, 0.1) is 0 Å². The molecule has 2 rings (SSSR count). The number of nitrogens with one attached hydrogen (secondary N) is 2. The van der Waals surface area contributed by atoms with E-state index in [4.69, 9.17) is 28.8 Å². The number of alkyl carbamates (subject to hydrolysis) is 1. The summed E-state index contributed by atoms with van der Waals surface area (Å²) < 4.78 is 53.8. The summed E-state index contributed by atoms with van der Waals surface area (Å²) in [6.45, 7) is 5.98. The molecule has 2 amide bonds. The van der Waals surface area contributed by atoms with Crippen LogP contribution in [0.4, 0.5) is 18.0 Å². The Morgan fingerprint density at radius 2 is 1.56 bits per heavy atom. The van der Waals surface area contributed by atoms with Gasteiger partial charge in [0, 0.05) is 27.3 Å². The van der Waals surface area contributed by atoms with Crippen molar-refractivity contribution in [2.24, 2.45) is 0 Å². The highest BCUT2D eigenvalue weighted by Gasteiger charge is 2.48. The Morgan fingerprint density at radius 3 is 2.03 bits per heavy atom. The Labute approximate surface area is 207 Å². The Bertz CT molecular complexity index is 846. The molecule has 0 aromatic heterocycles. The molecular weight excluding hydrogens is 489 g/mol. The summed E-state index contributed by atoms with van der Waals surface area (Å²) in [4.78, 5) is 33.5. The van der Waals surface area contributed by atoms with Crippen molar-refractivity contribution in [3.8, 4) is 0 Å². The normalized spacial score (nSPS) is 21.7. The predicted molar refractivity (Wildman–Crippen MR) is 121 cm³/mol. The van der Waals surface area contributed by atoms with E-state index in [0.717, 1.165) is 5.56 Å². The molecule has 13 heteroatoms. The zero-order valence-electron chi connectivity index (χ0n) is 20.8. The molecule has 0 spiro atoms. The number of amides is 2. The van der Waals surface area contributed by atoms with E-state index in [2.05, 4.69) is 10.6 Å². The highest BCUT2D eigenvalue weighted by molar-refractivity contribution is 5.82. The highest BCUT2D eigenvalue weighted by atomic mass is 19.4. The van der Waals surface area contributed by atoms with Crippen molar-refractivity contribution in [3.05, 3.63) is 35.9 Å². The van der Waals surface area contributed by atoms with E-state index in [9.17, 15) is 22.8 Å². The van der Waals surface area contributed by atoms with Crippen molar-refractivity contribution < 1.29 is 51.6 Å². The van der Waals surface area contributed by atoms with Gasteiger partial charge >= 0.3 is 18.2 Å². The number of hydrogen-bond acceptors (Lipinski definition) is 7. The molecule has 3 N–H and O–H groups in total. The molecule has 1 saturated heterocycles. The largest absolute Gasteiger partial charge is 0.490 e. The molecular formula is C23H33F3N2O8. The number of ether oxygens (including phenoxy) is 4. The average Bonchev–Trinajstić information content (AvgIpc) is 3.14. The predicted octanol–water partition coefficient (Wildman–Crippen LogP) is 2.30. The van der Waals surface area contributed by atoms with Crippen molar-refractivity contribution in [2.45, 2.75) is 63.4 Å². The second-order valence-corrected chi connectivity index (χ2v) is 8.71. The molecule has 1 aromatic carbocycles. The number of carbonyl (C=O) groups is 3. The molecule has 0 radical (unpaired) electrons. The van der Waals surface area contributed by atoms with Gasteiger partial charge < -0.3 is 34.7 Å². The minimum absolute atomic E-state index is 0.140. The molecule has 1 heterocycles. The molecule has 1 aliphatic heterocycles. The number of rotatable bonds is 8. The van der Waals surface area contributed by atoms with Crippen molar-refractivity contribution in [1.29, 1.82) is 0 Å². The van der Waals surface area contributed by atoms with Gasteiger partial charge in [-0.05, 0) is 32.8 Å². The summed E-state index contributed by atoms with van der Waals surface area (Å²) in [5.41, 5.74) is 0.537. The lowest BCUT2D eigenvalue weighted by molar-refractivity contribution is -0.192. The fourth-order valence-corrected chi connectivity index (χ4v) is 3.22. The molecule has 1 fully saturated rings. The lowest BCUT2D eigenvalue weighted by atomic mass is 10.1. The average molecular weight is 523 g/mol. The summed E-state index contributed by atoms with van der Waals surface area (Å²) in [5.74, 6) is -3.03. The molecule has 1 aromatic rings. The number of alkyl halides is 3. The number of carbonyl (C=O) groups excluding carboxylic acids is 2. The van der Waals surface area contributed by atoms with Gasteiger partial charge in [-0.15, -0.1) is 0 Å². The number of methoxy groups -OCH3 is 2. The Morgan fingerprint density at radius 1 is 1.00 bits per heavy atom. The number of hydrogen-bond donors (Lipinski definition) is 3. The third-order valence-corrected chi connectivity index (χ3v) is 4.76. The summed E-state index contributed by atoms with van der Waals surface area (Å²) in [6, 6.07) is 9.90. The number of halogens is 3. The Kier molecular flexibility index (Phi) is 12.1. The zero-order valence-corrected chi connectivity index (χ0v) is 20.8. The third-order valence-electron chi connectivity index (χ3n) is 4.76. The van der Waals surface area contributed by atoms with E-state index in [0.29, 0.717) is 13.0 Å². The highest BCUT2D eigenvalue weighted by Crippen LogP contribution is 2.26. The maximum Gasteiger partial charge on any atom is 0.490 e. The first-order valence-electron chi connectivity index (χ1n) is 11.0. The monoisotopic (exact) mass is 522 g/mol. The van der Waals surface area contributed by atoms with Crippen LogP contribution in [0.3, 0.4) is 0 Å². The van der Waals surface area contributed by atoms with Gasteiger partial charge in [0.1, 0.15) is 23.9 Å². The van der Waals surface area contributed by atoms with Crippen LogP contribution >= 0.6 is 0 Å². The molecule has 204 valence electrons. The summed E-state index contributed by atoms with van der Waals surface area (Å²) in [5, 5.41) is 12.7. The fraction of sp³-hybridized carbons (Fsp3) is 0.609. The number of carboxylic acid groups (broad SMARTS) is 1. The van der Waals surface area contributed by atoms with Gasteiger partial charge in [0.05, 0.1) is 0 Å². The maximum atomic E-state index is 12.7. The van der Waals surface area contributed by atoms with Gasteiger partial charge in [-0.2, -0.15) is 13.2 Å². The number of carboxylic acids is 1. The molecule has 0 bridgehead atoms. The topological polar surface area (TPSA) is 132 Å². The summed E-state index contributed by atoms with van der Waals surface area (Å²) >= 11 is 0. The molecule has 10 nitrogen and oxygen atoms in total. The minimum Gasteiger partial charge on any atom is -0.475 e. The molecule has 36 heavy (non-hydrogen) atoms. The number of aliphatic carboxylic acids is 1. The van der Waals surface area contributed by atoms with Gasteiger partial charge in [-0.3, -0.25) is 4.79 Å². The molecule has 1 aliphatic rings. The Balaban J connectivity index is 0.000000809. The second-order valence-electron chi connectivity index (χ2n) is 8.71. The quantitative estimate of drug-likeness (QED) is 0.474. The van der Waals surface area contributed by atoms with E-state index in [-0.39, 0.29) is 12.5 Å². The van der Waals surface area contributed by atoms with Gasteiger partial charge in [0.15, 0.2) is 6.10 Å². The van der Waals surface area contributed by atoms with Crippen LogP contribution in [0.15, 0.2) is 30.3 Å². The van der Waals surface area contributed by atoms with E-state index in [1.807, 2.05) is 30.3 Å². The van der Waals surface area contributed by atoms with Crippen LogP contribution in [0.5, 0.6) is 0 Å². The van der Waals surface area contributed by atoms with E-state index < -0.39 is 48.3 Å². The molecule has 0 saturated carbocycles. The maximum absolute atomic E-state index is 12.7. The lowest BCUT2D eigenvalue weighted by Crippen LogP contribution is -2.45. The van der Waals surface area contributed by atoms with Crippen LogP contribution in [0.25, 0.3) is 0 Å². The zero-order chi connectivity index (χ0) is 27.5. The van der Waals surface area contributed by atoms with Crippen molar-refractivity contribution in [2.75, 3.05) is 27.3 Å². The molecule has 0 unspecified atom stereocenters. The second kappa shape index (κ2) is 14.0. The van der Waals surface area contributed by atoms with Crippen molar-refractivity contribution >= 4 is 18.0 Å². The van der Waals surface area contributed by atoms with Crippen molar-refractivity contribution in [1.82, 2.24) is 10.6 Å². The molecule has 4 atom stereocenters. The van der Waals surface area contributed by atoms with E-state index in [1.54, 1.807) is 20.8 Å². The van der Waals surface area contributed by atoms with Gasteiger partial charge in [-0.1, -0.05) is 30.3 Å². The van der Waals surface area contributed by atoms with Gasteiger partial charge in [0.25, 0.3) is 5.91 Å². The van der Waals surface area contributed by atoms with E-state index in [1.165, 1.54) is 14.2 Å². The van der Waals surface area contributed by atoms with Gasteiger partial charge in [0.2, 0.25) is 0 Å². The first kappa shape index (κ1) is 31.1. The van der Waals surface area contributed by atoms with Crippen molar-refractivity contribution in [3.63, 3.8) is 0 Å². The summed E-state index contributed by atoms with van der Waals surface area (Å²) in [7, 11) is 3.03. The summed E-state index contributed by atoms with van der Waals surface area (Å²) in [6.07, 6.45) is -7.37. The first-order chi connectivity index (χ1) is 16.7. The smallest absolute Gasteiger partial charge is 0.475 e.